The molecule has 1 amide bonds. The van der Waals surface area contributed by atoms with Gasteiger partial charge in [0.05, 0.1) is 6.04 Å². The summed E-state index contributed by atoms with van der Waals surface area (Å²) < 4.78 is 0. The van der Waals surface area contributed by atoms with Gasteiger partial charge in [-0.25, -0.2) is 4.79 Å². The van der Waals surface area contributed by atoms with Crippen molar-refractivity contribution in [2.24, 2.45) is 5.41 Å². The second kappa shape index (κ2) is 5.66. The van der Waals surface area contributed by atoms with E-state index in [-0.39, 0.29) is 11.5 Å². The molecule has 4 rings (SSSR count). The summed E-state index contributed by atoms with van der Waals surface area (Å²) in [4.78, 5) is 11.2. The van der Waals surface area contributed by atoms with Gasteiger partial charge in [-0.3, -0.25) is 0 Å². The molecule has 2 aliphatic rings. The highest BCUT2D eigenvalue weighted by Crippen LogP contribution is 2.60. The molecule has 2 aliphatic carbocycles. The summed E-state index contributed by atoms with van der Waals surface area (Å²) in [6.45, 7) is 2.16. The Balaban J connectivity index is 1.68. The number of aryl methyl sites for hydroxylation is 2. The van der Waals surface area contributed by atoms with Crippen LogP contribution in [0.15, 0.2) is 42.5 Å². The predicted molar refractivity (Wildman–Crippen MR) is 95.1 cm³/mol. The number of hydrogen-bond acceptors (Lipinski definition) is 1. The molecule has 1 saturated carbocycles. The van der Waals surface area contributed by atoms with E-state index in [4.69, 9.17) is 0 Å². The van der Waals surface area contributed by atoms with E-state index in [0.717, 1.165) is 32.1 Å². The molecule has 124 valence electrons. The smallest absolute Gasteiger partial charge is 0.405 e. The summed E-state index contributed by atoms with van der Waals surface area (Å²) in [5, 5.41) is 12.0. The van der Waals surface area contributed by atoms with Gasteiger partial charge in [0, 0.05) is 0 Å². The molecule has 1 atom stereocenters. The van der Waals surface area contributed by atoms with E-state index >= 15 is 0 Å². The van der Waals surface area contributed by atoms with Crippen LogP contribution < -0.4 is 5.32 Å². The fourth-order valence-electron chi connectivity index (χ4n) is 4.13. The molecule has 1 fully saturated rings. The molecule has 0 aromatic heterocycles. The van der Waals surface area contributed by atoms with Gasteiger partial charge < -0.3 is 10.4 Å². The standard InChI is InChI=1S/C21H23NO2/c1-2-14-3-5-15(6-4-14)16-7-8-18-17(13-16)9-10-21(11-12-21)19(18)22-20(23)24/h3-8,13,19,22H,2,9-12H2,1H3,(H,23,24). The summed E-state index contributed by atoms with van der Waals surface area (Å²) >= 11 is 0. The molecule has 1 spiro atoms. The lowest BCUT2D eigenvalue weighted by molar-refractivity contribution is 0.178. The number of amides is 1. The third-order valence-electron chi connectivity index (χ3n) is 5.81. The molecule has 0 heterocycles. The molecular formula is C21H23NO2. The Bertz CT molecular complexity index is 775. The van der Waals surface area contributed by atoms with E-state index in [1.807, 2.05) is 0 Å². The van der Waals surface area contributed by atoms with Crippen molar-refractivity contribution < 1.29 is 9.90 Å². The maximum Gasteiger partial charge on any atom is 0.405 e. The molecule has 3 nitrogen and oxygen atoms in total. The van der Waals surface area contributed by atoms with Crippen molar-refractivity contribution in [3.8, 4) is 11.1 Å². The zero-order chi connectivity index (χ0) is 16.7. The first-order chi connectivity index (χ1) is 11.6. The first-order valence-corrected chi connectivity index (χ1v) is 8.83. The molecule has 1 unspecified atom stereocenters. The Morgan fingerprint density at radius 1 is 1.12 bits per heavy atom. The second-order valence-corrected chi connectivity index (χ2v) is 7.21. The minimum Gasteiger partial charge on any atom is -0.465 e. The maximum absolute atomic E-state index is 11.2. The van der Waals surface area contributed by atoms with Crippen LogP contribution in [0.1, 0.15) is 48.9 Å². The van der Waals surface area contributed by atoms with Crippen LogP contribution in [0.5, 0.6) is 0 Å². The minimum atomic E-state index is -0.918. The van der Waals surface area contributed by atoms with Crippen LogP contribution in [0.3, 0.4) is 0 Å². The number of hydrogen-bond donors (Lipinski definition) is 2. The number of carboxylic acid groups (broad SMARTS) is 1. The van der Waals surface area contributed by atoms with Gasteiger partial charge in [-0.15, -0.1) is 0 Å². The fraction of sp³-hybridized carbons (Fsp3) is 0.381. The maximum atomic E-state index is 11.2. The summed E-state index contributed by atoms with van der Waals surface area (Å²) in [7, 11) is 0. The Morgan fingerprint density at radius 2 is 1.83 bits per heavy atom. The van der Waals surface area contributed by atoms with Crippen molar-refractivity contribution in [2.75, 3.05) is 0 Å². The molecule has 2 aromatic rings. The molecule has 0 bridgehead atoms. The molecule has 2 aromatic carbocycles. The first kappa shape index (κ1) is 15.3. The van der Waals surface area contributed by atoms with Gasteiger partial charge in [0.25, 0.3) is 0 Å². The van der Waals surface area contributed by atoms with Crippen molar-refractivity contribution in [2.45, 2.75) is 45.1 Å². The van der Waals surface area contributed by atoms with E-state index in [1.54, 1.807) is 0 Å². The highest BCUT2D eigenvalue weighted by molar-refractivity contribution is 5.68. The number of benzene rings is 2. The van der Waals surface area contributed by atoms with Crippen molar-refractivity contribution in [1.29, 1.82) is 0 Å². The molecule has 0 aliphatic heterocycles. The minimum absolute atomic E-state index is 0.0460. The molecule has 0 saturated heterocycles. The van der Waals surface area contributed by atoms with Gasteiger partial charge >= 0.3 is 6.09 Å². The zero-order valence-corrected chi connectivity index (χ0v) is 14.0. The second-order valence-electron chi connectivity index (χ2n) is 7.21. The number of rotatable bonds is 3. The van der Waals surface area contributed by atoms with Crippen LogP contribution >= 0.6 is 0 Å². The zero-order valence-electron chi connectivity index (χ0n) is 14.0. The van der Waals surface area contributed by atoms with E-state index in [0.29, 0.717) is 0 Å². The van der Waals surface area contributed by atoms with Gasteiger partial charge in [0.2, 0.25) is 0 Å². The van der Waals surface area contributed by atoms with Gasteiger partial charge in [-0.05, 0) is 65.3 Å². The Hall–Kier alpha value is -2.29. The average Bonchev–Trinajstić information content (AvgIpc) is 3.38. The van der Waals surface area contributed by atoms with Gasteiger partial charge in [0.15, 0.2) is 0 Å². The van der Waals surface area contributed by atoms with E-state index in [9.17, 15) is 9.90 Å². The SMILES string of the molecule is CCc1ccc(-c2ccc3c(c2)CCC2(CC2)C3NC(=O)O)cc1. The lowest BCUT2D eigenvalue weighted by Crippen LogP contribution is -2.36. The van der Waals surface area contributed by atoms with E-state index in [2.05, 4.69) is 54.7 Å². The molecule has 2 N–H and O–H groups in total. The summed E-state index contributed by atoms with van der Waals surface area (Å²) in [5.41, 5.74) is 6.44. The third-order valence-corrected chi connectivity index (χ3v) is 5.81. The fourth-order valence-corrected chi connectivity index (χ4v) is 4.13. The van der Waals surface area contributed by atoms with Crippen LogP contribution in [0.4, 0.5) is 4.79 Å². The van der Waals surface area contributed by atoms with Crippen LogP contribution in [0.2, 0.25) is 0 Å². The number of fused-ring (bicyclic) bond motifs is 1. The van der Waals surface area contributed by atoms with Crippen LogP contribution in [0.25, 0.3) is 11.1 Å². The largest absolute Gasteiger partial charge is 0.465 e. The quantitative estimate of drug-likeness (QED) is 0.840. The molecular weight excluding hydrogens is 298 g/mol. The third kappa shape index (κ3) is 2.58. The van der Waals surface area contributed by atoms with Gasteiger partial charge in [-0.1, -0.05) is 49.4 Å². The van der Waals surface area contributed by atoms with Crippen LogP contribution in [0, 0.1) is 5.41 Å². The lowest BCUT2D eigenvalue weighted by Gasteiger charge is -2.34. The van der Waals surface area contributed by atoms with Crippen LogP contribution in [-0.2, 0) is 12.8 Å². The predicted octanol–water partition coefficient (Wildman–Crippen LogP) is 4.95. The van der Waals surface area contributed by atoms with Crippen LogP contribution in [-0.4, -0.2) is 11.2 Å². The van der Waals surface area contributed by atoms with E-state index < -0.39 is 6.09 Å². The Labute approximate surface area is 142 Å². The summed E-state index contributed by atoms with van der Waals surface area (Å²) in [6, 6.07) is 15.2. The highest BCUT2D eigenvalue weighted by atomic mass is 16.4. The number of nitrogens with one attached hydrogen (secondary N) is 1. The number of carbonyl (C=O) groups is 1. The average molecular weight is 321 g/mol. The highest BCUT2D eigenvalue weighted by Gasteiger charge is 2.52. The van der Waals surface area contributed by atoms with Gasteiger partial charge in [0.1, 0.15) is 0 Å². The van der Waals surface area contributed by atoms with Gasteiger partial charge in [-0.2, -0.15) is 0 Å². The summed E-state index contributed by atoms with van der Waals surface area (Å²) in [6.07, 6.45) is 4.54. The monoisotopic (exact) mass is 321 g/mol. The molecule has 3 heteroatoms. The molecule has 0 radical (unpaired) electrons. The first-order valence-electron chi connectivity index (χ1n) is 8.83. The van der Waals surface area contributed by atoms with Crippen molar-refractivity contribution >= 4 is 6.09 Å². The molecule has 24 heavy (non-hydrogen) atoms. The Kier molecular flexibility index (Phi) is 3.60. The van der Waals surface area contributed by atoms with Crippen molar-refractivity contribution in [1.82, 2.24) is 5.32 Å². The van der Waals surface area contributed by atoms with E-state index in [1.165, 1.54) is 27.8 Å². The lowest BCUT2D eigenvalue weighted by atomic mass is 9.76. The summed E-state index contributed by atoms with van der Waals surface area (Å²) in [5.74, 6) is 0. The topological polar surface area (TPSA) is 49.3 Å². The van der Waals surface area contributed by atoms with Crippen molar-refractivity contribution in [3.05, 3.63) is 59.2 Å². The van der Waals surface area contributed by atoms with Crippen molar-refractivity contribution in [3.63, 3.8) is 0 Å². The normalized spacial score (nSPS) is 20.5. The Morgan fingerprint density at radius 3 is 2.46 bits per heavy atom.